The van der Waals surface area contributed by atoms with Gasteiger partial charge in [0.15, 0.2) is 0 Å². The highest BCUT2D eigenvalue weighted by molar-refractivity contribution is 6.30. The van der Waals surface area contributed by atoms with Crippen molar-refractivity contribution in [1.82, 2.24) is 4.90 Å². The van der Waals surface area contributed by atoms with Gasteiger partial charge in [0.25, 0.3) is 0 Å². The van der Waals surface area contributed by atoms with Crippen LogP contribution in [0.2, 0.25) is 5.02 Å². The van der Waals surface area contributed by atoms with Crippen LogP contribution in [0.5, 0.6) is 5.75 Å². The van der Waals surface area contributed by atoms with Crippen LogP contribution in [0.4, 0.5) is 0 Å². The molecule has 1 amide bonds. The van der Waals surface area contributed by atoms with Gasteiger partial charge in [0, 0.05) is 12.1 Å². The monoisotopic (exact) mass is 320 g/mol. The van der Waals surface area contributed by atoms with Crippen LogP contribution in [0.25, 0.3) is 0 Å². The summed E-state index contributed by atoms with van der Waals surface area (Å²) in [5.41, 5.74) is 5.81. The molecular weight excluding hydrogens is 299 g/mol. The zero-order valence-corrected chi connectivity index (χ0v) is 13.6. The number of carbonyl (C=O) groups excluding carboxylic acids is 1. The number of ether oxygens (including phenoxy) is 1. The molecule has 0 bridgehead atoms. The van der Waals surface area contributed by atoms with E-state index in [1.54, 1.807) is 36.2 Å². The molecule has 0 fully saturated rings. The van der Waals surface area contributed by atoms with E-state index in [0.29, 0.717) is 18.2 Å². The zero-order chi connectivity index (χ0) is 14.4. The molecule has 0 spiro atoms. The van der Waals surface area contributed by atoms with Gasteiger partial charge in [0.2, 0.25) is 5.91 Å². The number of rotatable bonds is 6. The van der Waals surface area contributed by atoms with E-state index >= 15 is 0 Å². The normalized spacial score (nSPS) is 11.7. The van der Waals surface area contributed by atoms with Crippen molar-refractivity contribution in [3.63, 3.8) is 0 Å². The number of carbonyl (C=O) groups is 1. The number of likely N-dealkylation sites (N-methyl/N-ethyl adjacent to an activating group) is 1. The Hall–Kier alpha value is -0.970. The Morgan fingerprint density at radius 2 is 1.90 bits per heavy atom. The van der Waals surface area contributed by atoms with Crippen molar-refractivity contribution in [2.24, 2.45) is 11.7 Å². The maximum atomic E-state index is 11.9. The molecule has 1 aromatic carbocycles. The zero-order valence-electron chi connectivity index (χ0n) is 12.0. The number of hydrogen-bond acceptors (Lipinski definition) is 3. The van der Waals surface area contributed by atoms with Gasteiger partial charge >= 0.3 is 0 Å². The van der Waals surface area contributed by atoms with E-state index in [-0.39, 0.29) is 24.2 Å². The Balaban J connectivity index is 0.00000361. The summed E-state index contributed by atoms with van der Waals surface area (Å²) in [6.45, 7) is 4.79. The maximum Gasteiger partial charge on any atom is 0.239 e. The molecule has 0 aliphatic carbocycles. The van der Waals surface area contributed by atoms with Gasteiger partial charge < -0.3 is 15.4 Å². The first-order valence-corrected chi connectivity index (χ1v) is 6.68. The van der Waals surface area contributed by atoms with Crippen LogP contribution in [0.3, 0.4) is 0 Å². The van der Waals surface area contributed by atoms with E-state index in [0.717, 1.165) is 5.75 Å². The highest BCUT2D eigenvalue weighted by Gasteiger charge is 2.20. The van der Waals surface area contributed by atoms with Gasteiger partial charge in [-0.05, 0) is 30.2 Å². The lowest BCUT2D eigenvalue weighted by molar-refractivity contribution is -0.132. The molecule has 0 radical (unpaired) electrons. The van der Waals surface area contributed by atoms with Gasteiger partial charge in [-0.3, -0.25) is 4.79 Å². The van der Waals surface area contributed by atoms with Crippen molar-refractivity contribution in [3.05, 3.63) is 29.3 Å². The topological polar surface area (TPSA) is 55.6 Å². The number of benzene rings is 1. The highest BCUT2D eigenvalue weighted by Crippen LogP contribution is 2.15. The first-order valence-electron chi connectivity index (χ1n) is 6.30. The van der Waals surface area contributed by atoms with E-state index in [4.69, 9.17) is 22.1 Å². The fourth-order valence-electron chi connectivity index (χ4n) is 1.48. The fourth-order valence-corrected chi connectivity index (χ4v) is 1.61. The molecule has 0 saturated heterocycles. The van der Waals surface area contributed by atoms with Crippen LogP contribution in [0, 0.1) is 5.92 Å². The van der Waals surface area contributed by atoms with Crippen molar-refractivity contribution in [3.8, 4) is 5.75 Å². The molecule has 0 heterocycles. The minimum Gasteiger partial charge on any atom is -0.492 e. The summed E-state index contributed by atoms with van der Waals surface area (Å²) in [6.07, 6.45) is 0. The molecular formula is C14H22Cl2N2O2. The molecule has 2 N–H and O–H groups in total. The summed E-state index contributed by atoms with van der Waals surface area (Å²) >= 11 is 5.78. The second kappa shape index (κ2) is 9.06. The average molecular weight is 321 g/mol. The molecule has 4 nitrogen and oxygen atoms in total. The molecule has 1 aromatic rings. The number of amides is 1. The van der Waals surface area contributed by atoms with Gasteiger partial charge in [-0.15, -0.1) is 12.4 Å². The summed E-state index contributed by atoms with van der Waals surface area (Å²) in [4.78, 5) is 13.5. The second-order valence-electron chi connectivity index (χ2n) is 4.83. The summed E-state index contributed by atoms with van der Waals surface area (Å²) in [5, 5.41) is 0.669. The summed E-state index contributed by atoms with van der Waals surface area (Å²) in [7, 11) is 1.73. The fraction of sp³-hybridized carbons (Fsp3) is 0.500. The summed E-state index contributed by atoms with van der Waals surface area (Å²) in [6, 6.07) is 6.66. The first kappa shape index (κ1) is 19.0. The minimum absolute atomic E-state index is 0. The number of halogens is 2. The van der Waals surface area contributed by atoms with Crippen molar-refractivity contribution in [2.45, 2.75) is 19.9 Å². The van der Waals surface area contributed by atoms with Crippen molar-refractivity contribution in [1.29, 1.82) is 0 Å². The predicted molar refractivity (Wildman–Crippen MR) is 84.6 cm³/mol. The van der Waals surface area contributed by atoms with Crippen LogP contribution >= 0.6 is 24.0 Å². The predicted octanol–water partition coefficient (Wildman–Crippen LogP) is 2.58. The Bertz CT molecular complexity index is 410. The second-order valence-corrected chi connectivity index (χ2v) is 5.27. The maximum absolute atomic E-state index is 11.9. The third-order valence-electron chi connectivity index (χ3n) is 2.89. The minimum atomic E-state index is -0.458. The van der Waals surface area contributed by atoms with E-state index in [9.17, 15) is 4.79 Å². The van der Waals surface area contributed by atoms with Crippen molar-refractivity contribution >= 4 is 29.9 Å². The van der Waals surface area contributed by atoms with Crippen LogP contribution in [0.15, 0.2) is 24.3 Å². The lowest BCUT2D eigenvalue weighted by Crippen LogP contribution is -2.46. The third kappa shape index (κ3) is 5.99. The van der Waals surface area contributed by atoms with E-state index in [1.807, 2.05) is 13.8 Å². The Labute approximate surface area is 131 Å². The molecule has 114 valence electrons. The lowest BCUT2D eigenvalue weighted by Gasteiger charge is -2.23. The first-order chi connectivity index (χ1) is 8.91. The molecule has 0 aromatic heterocycles. The molecule has 0 aliphatic rings. The largest absolute Gasteiger partial charge is 0.492 e. The van der Waals surface area contributed by atoms with Gasteiger partial charge in [-0.2, -0.15) is 0 Å². The average Bonchev–Trinajstić information content (AvgIpc) is 2.39. The number of nitrogens with two attached hydrogens (primary N) is 1. The third-order valence-corrected chi connectivity index (χ3v) is 3.14. The smallest absolute Gasteiger partial charge is 0.239 e. The number of hydrogen-bond donors (Lipinski definition) is 1. The van der Waals surface area contributed by atoms with Gasteiger partial charge in [-0.1, -0.05) is 25.4 Å². The molecule has 20 heavy (non-hydrogen) atoms. The number of nitrogens with zero attached hydrogens (tertiary/aromatic N) is 1. The van der Waals surface area contributed by atoms with E-state index < -0.39 is 6.04 Å². The Morgan fingerprint density at radius 1 is 1.35 bits per heavy atom. The lowest BCUT2D eigenvalue weighted by atomic mass is 10.0. The van der Waals surface area contributed by atoms with E-state index in [2.05, 4.69) is 0 Å². The summed E-state index contributed by atoms with van der Waals surface area (Å²) < 4.78 is 5.53. The highest BCUT2D eigenvalue weighted by atomic mass is 35.5. The van der Waals surface area contributed by atoms with Crippen LogP contribution < -0.4 is 10.5 Å². The van der Waals surface area contributed by atoms with E-state index in [1.165, 1.54) is 0 Å². The quantitative estimate of drug-likeness (QED) is 0.876. The molecule has 1 atom stereocenters. The van der Waals surface area contributed by atoms with Crippen molar-refractivity contribution in [2.75, 3.05) is 20.2 Å². The molecule has 1 unspecified atom stereocenters. The SMILES string of the molecule is CC(C)C(N)C(=O)N(C)CCOc1ccc(Cl)cc1.Cl. The van der Waals surface area contributed by atoms with Gasteiger partial charge in [0.05, 0.1) is 12.6 Å². The van der Waals surface area contributed by atoms with Crippen LogP contribution in [-0.4, -0.2) is 37.0 Å². The standard InChI is InChI=1S/C14H21ClN2O2.ClH/c1-10(2)13(16)14(18)17(3)8-9-19-12-6-4-11(15)5-7-12;/h4-7,10,13H,8-9,16H2,1-3H3;1H. The van der Waals surface area contributed by atoms with Crippen LogP contribution in [0.1, 0.15) is 13.8 Å². The Kier molecular flexibility index (Phi) is 8.62. The van der Waals surface area contributed by atoms with Gasteiger partial charge in [0.1, 0.15) is 12.4 Å². The summed E-state index contributed by atoms with van der Waals surface area (Å²) in [5.74, 6) is 0.806. The van der Waals surface area contributed by atoms with Gasteiger partial charge in [-0.25, -0.2) is 0 Å². The molecule has 0 saturated carbocycles. The van der Waals surface area contributed by atoms with Crippen LogP contribution in [-0.2, 0) is 4.79 Å². The molecule has 6 heteroatoms. The van der Waals surface area contributed by atoms with Crippen molar-refractivity contribution < 1.29 is 9.53 Å². The molecule has 1 rings (SSSR count). The Morgan fingerprint density at radius 3 is 2.40 bits per heavy atom. The molecule has 0 aliphatic heterocycles.